The second kappa shape index (κ2) is 5.33. The van der Waals surface area contributed by atoms with E-state index in [1.54, 1.807) is 7.11 Å². The molecule has 1 N–H and O–H groups in total. The Morgan fingerprint density at radius 2 is 2.32 bits per heavy atom. The van der Waals surface area contributed by atoms with E-state index in [2.05, 4.69) is 22.4 Å². The minimum Gasteiger partial charge on any atom is -0.495 e. The summed E-state index contributed by atoms with van der Waals surface area (Å²) < 4.78 is 5.38. The smallest absolute Gasteiger partial charge is 0.140 e. The molecular weight excluding hydrogens is 236 g/mol. The van der Waals surface area contributed by atoms with Gasteiger partial charge in [0.25, 0.3) is 0 Å². The SMILES string of the molecule is COc1cc(C2=CCC3CCCNC3C2)cnc1C. The van der Waals surface area contributed by atoms with Crippen molar-refractivity contribution in [1.29, 1.82) is 0 Å². The standard InChI is InChI=1S/C16H22N2O/c1-11-16(19-2)9-14(10-18-11)13-6-5-12-4-3-7-17-15(12)8-13/h6,9-10,12,15,17H,3-5,7-8H2,1-2H3. The van der Waals surface area contributed by atoms with Gasteiger partial charge in [-0.25, -0.2) is 0 Å². The Hall–Kier alpha value is -1.35. The summed E-state index contributed by atoms with van der Waals surface area (Å²) in [4.78, 5) is 4.44. The fourth-order valence-electron chi connectivity index (χ4n) is 3.29. The van der Waals surface area contributed by atoms with Gasteiger partial charge in [-0.3, -0.25) is 4.98 Å². The predicted octanol–water partition coefficient (Wildman–Crippen LogP) is 2.94. The van der Waals surface area contributed by atoms with Crippen LogP contribution in [-0.4, -0.2) is 24.7 Å². The summed E-state index contributed by atoms with van der Waals surface area (Å²) in [6, 6.07) is 2.78. The van der Waals surface area contributed by atoms with Gasteiger partial charge in [-0.1, -0.05) is 6.08 Å². The van der Waals surface area contributed by atoms with Crippen LogP contribution in [0.4, 0.5) is 0 Å². The molecule has 0 aromatic carbocycles. The number of nitrogens with one attached hydrogen (secondary N) is 1. The number of ether oxygens (including phenoxy) is 1. The van der Waals surface area contributed by atoms with E-state index in [4.69, 9.17) is 4.74 Å². The molecule has 3 nitrogen and oxygen atoms in total. The average molecular weight is 258 g/mol. The zero-order valence-electron chi connectivity index (χ0n) is 11.8. The summed E-state index contributed by atoms with van der Waals surface area (Å²) in [5, 5.41) is 3.67. The van der Waals surface area contributed by atoms with Crippen LogP contribution in [0.2, 0.25) is 0 Å². The third kappa shape index (κ3) is 2.52. The van der Waals surface area contributed by atoms with Crippen LogP contribution in [0.25, 0.3) is 5.57 Å². The van der Waals surface area contributed by atoms with Crippen molar-refractivity contribution in [1.82, 2.24) is 10.3 Å². The van der Waals surface area contributed by atoms with E-state index in [1.165, 1.54) is 36.9 Å². The number of hydrogen-bond donors (Lipinski definition) is 1. The summed E-state index contributed by atoms with van der Waals surface area (Å²) in [6.07, 6.45) is 9.40. The van der Waals surface area contributed by atoms with Crippen molar-refractivity contribution < 1.29 is 4.74 Å². The van der Waals surface area contributed by atoms with E-state index >= 15 is 0 Å². The molecule has 2 heterocycles. The number of piperidine rings is 1. The zero-order chi connectivity index (χ0) is 13.2. The van der Waals surface area contributed by atoms with E-state index in [0.717, 1.165) is 23.8 Å². The van der Waals surface area contributed by atoms with E-state index in [1.807, 2.05) is 13.1 Å². The number of allylic oxidation sites excluding steroid dienone is 1. The van der Waals surface area contributed by atoms with Crippen LogP contribution in [0.3, 0.4) is 0 Å². The van der Waals surface area contributed by atoms with Gasteiger partial charge in [-0.2, -0.15) is 0 Å². The Balaban J connectivity index is 1.84. The first-order chi connectivity index (χ1) is 9.28. The predicted molar refractivity (Wildman–Crippen MR) is 77.3 cm³/mol. The number of pyridine rings is 1. The largest absolute Gasteiger partial charge is 0.495 e. The Bertz CT molecular complexity index is 496. The van der Waals surface area contributed by atoms with E-state index < -0.39 is 0 Å². The van der Waals surface area contributed by atoms with Gasteiger partial charge in [0.2, 0.25) is 0 Å². The van der Waals surface area contributed by atoms with Gasteiger partial charge in [0.15, 0.2) is 0 Å². The van der Waals surface area contributed by atoms with Gasteiger partial charge >= 0.3 is 0 Å². The first-order valence-electron chi connectivity index (χ1n) is 7.21. The number of rotatable bonds is 2. The second-order valence-electron chi connectivity index (χ2n) is 5.64. The Morgan fingerprint density at radius 3 is 3.16 bits per heavy atom. The van der Waals surface area contributed by atoms with Crippen molar-refractivity contribution in [3.63, 3.8) is 0 Å². The minimum atomic E-state index is 0.654. The average Bonchev–Trinajstić information content (AvgIpc) is 2.47. The first kappa shape index (κ1) is 12.7. The molecule has 1 aromatic heterocycles. The molecule has 1 saturated heterocycles. The van der Waals surface area contributed by atoms with Crippen LogP contribution in [0.5, 0.6) is 5.75 Å². The molecule has 3 rings (SSSR count). The second-order valence-corrected chi connectivity index (χ2v) is 5.64. The van der Waals surface area contributed by atoms with Crippen molar-refractivity contribution >= 4 is 5.57 Å². The maximum Gasteiger partial charge on any atom is 0.140 e. The quantitative estimate of drug-likeness (QED) is 0.885. The molecule has 2 aliphatic rings. The molecule has 0 bridgehead atoms. The fourth-order valence-corrected chi connectivity index (χ4v) is 3.29. The molecule has 2 atom stereocenters. The molecule has 3 heteroatoms. The zero-order valence-corrected chi connectivity index (χ0v) is 11.8. The molecule has 1 fully saturated rings. The van der Waals surface area contributed by atoms with Crippen molar-refractivity contribution in [2.75, 3.05) is 13.7 Å². The molecule has 0 saturated carbocycles. The highest BCUT2D eigenvalue weighted by Crippen LogP contribution is 2.35. The lowest BCUT2D eigenvalue weighted by molar-refractivity contribution is 0.278. The summed E-state index contributed by atoms with van der Waals surface area (Å²) in [5.41, 5.74) is 3.59. The fraction of sp³-hybridized carbons (Fsp3) is 0.562. The summed E-state index contributed by atoms with van der Waals surface area (Å²) in [6.45, 7) is 3.15. The maximum absolute atomic E-state index is 5.38. The number of methoxy groups -OCH3 is 1. The molecule has 0 radical (unpaired) electrons. The van der Waals surface area contributed by atoms with Gasteiger partial charge < -0.3 is 10.1 Å². The topological polar surface area (TPSA) is 34.1 Å². The third-order valence-electron chi connectivity index (χ3n) is 4.47. The number of fused-ring (bicyclic) bond motifs is 1. The van der Waals surface area contributed by atoms with Gasteiger partial charge in [0, 0.05) is 12.2 Å². The molecule has 0 spiro atoms. The van der Waals surface area contributed by atoms with Crippen LogP contribution in [0, 0.1) is 12.8 Å². The molecule has 1 aromatic rings. The van der Waals surface area contributed by atoms with E-state index in [0.29, 0.717) is 6.04 Å². The van der Waals surface area contributed by atoms with Gasteiger partial charge in [0.05, 0.1) is 12.8 Å². The lowest BCUT2D eigenvalue weighted by Crippen LogP contribution is -2.42. The van der Waals surface area contributed by atoms with Crippen LogP contribution in [0.1, 0.15) is 36.9 Å². The minimum absolute atomic E-state index is 0.654. The monoisotopic (exact) mass is 258 g/mol. The molecule has 0 amide bonds. The van der Waals surface area contributed by atoms with Crippen LogP contribution in [-0.2, 0) is 0 Å². The third-order valence-corrected chi connectivity index (χ3v) is 4.47. The first-order valence-corrected chi connectivity index (χ1v) is 7.21. The van der Waals surface area contributed by atoms with E-state index in [-0.39, 0.29) is 0 Å². The van der Waals surface area contributed by atoms with Crippen molar-refractivity contribution in [3.05, 3.63) is 29.6 Å². The highest BCUT2D eigenvalue weighted by Gasteiger charge is 2.28. The molecule has 2 unspecified atom stereocenters. The number of aryl methyl sites for hydroxylation is 1. The molecule has 102 valence electrons. The molecule has 1 aliphatic carbocycles. The number of nitrogens with zero attached hydrogens (tertiary/aromatic N) is 1. The normalized spacial score (nSPS) is 26.5. The van der Waals surface area contributed by atoms with Gasteiger partial charge in [-0.05, 0) is 62.3 Å². The van der Waals surface area contributed by atoms with Crippen molar-refractivity contribution in [2.24, 2.45) is 5.92 Å². The number of aromatic nitrogens is 1. The van der Waals surface area contributed by atoms with Crippen LogP contribution >= 0.6 is 0 Å². The Labute approximate surface area is 115 Å². The number of hydrogen-bond acceptors (Lipinski definition) is 3. The Kier molecular flexibility index (Phi) is 3.56. The van der Waals surface area contributed by atoms with Crippen molar-refractivity contribution in [2.45, 2.75) is 38.6 Å². The highest BCUT2D eigenvalue weighted by atomic mass is 16.5. The highest BCUT2D eigenvalue weighted by molar-refractivity contribution is 5.67. The maximum atomic E-state index is 5.38. The lowest BCUT2D eigenvalue weighted by atomic mass is 9.78. The van der Waals surface area contributed by atoms with Crippen molar-refractivity contribution in [3.8, 4) is 5.75 Å². The van der Waals surface area contributed by atoms with Crippen LogP contribution < -0.4 is 10.1 Å². The molecule has 1 aliphatic heterocycles. The molecule has 19 heavy (non-hydrogen) atoms. The lowest BCUT2D eigenvalue weighted by Gasteiger charge is -2.36. The Morgan fingerprint density at radius 1 is 1.42 bits per heavy atom. The molecular formula is C16H22N2O. The van der Waals surface area contributed by atoms with Gasteiger partial charge in [-0.15, -0.1) is 0 Å². The van der Waals surface area contributed by atoms with Crippen LogP contribution in [0.15, 0.2) is 18.3 Å². The summed E-state index contributed by atoms with van der Waals surface area (Å²) in [5.74, 6) is 1.72. The van der Waals surface area contributed by atoms with E-state index in [9.17, 15) is 0 Å². The van der Waals surface area contributed by atoms with Gasteiger partial charge in [0.1, 0.15) is 5.75 Å². The summed E-state index contributed by atoms with van der Waals surface area (Å²) >= 11 is 0. The summed E-state index contributed by atoms with van der Waals surface area (Å²) in [7, 11) is 1.71.